The van der Waals surface area contributed by atoms with Crippen molar-refractivity contribution in [1.29, 1.82) is 0 Å². The summed E-state index contributed by atoms with van der Waals surface area (Å²) in [5.41, 5.74) is 2.22. The molecule has 1 aliphatic rings. The smallest absolute Gasteiger partial charge is 0.237 e. The molecule has 2 heterocycles. The minimum atomic E-state index is -0.0613. The van der Waals surface area contributed by atoms with Crippen LogP contribution in [0, 0.1) is 0 Å². The molecule has 1 aromatic carbocycles. The van der Waals surface area contributed by atoms with E-state index in [2.05, 4.69) is 28.5 Å². The van der Waals surface area contributed by atoms with Gasteiger partial charge in [0.15, 0.2) is 4.34 Å². The Hall–Kier alpha value is -1.93. The van der Waals surface area contributed by atoms with E-state index in [0.717, 1.165) is 18.5 Å². The predicted octanol–water partition coefficient (Wildman–Crippen LogP) is 3.35. The maximum absolute atomic E-state index is 12.7. The lowest BCUT2D eigenvalue weighted by Crippen LogP contribution is -2.36. The Balaban J connectivity index is 1.58. The van der Waals surface area contributed by atoms with Crippen molar-refractivity contribution in [3.8, 4) is 0 Å². The second-order valence-electron chi connectivity index (χ2n) is 5.91. The molecular weight excluding hydrogens is 356 g/mol. The van der Waals surface area contributed by atoms with Crippen molar-refractivity contribution in [2.75, 3.05) is 16.0 Å². The first-order valence-corrected chi connectivity index (χ1v) is 10.0. The zero-order valence-corrected chi connectivity index (χ0v) is 15.8. The van der Waals surface area contributed by atoms with Crippen molar-refractivity contribution in [1.82, 2.24) is 10.2 Å². The summed E-state index contributed by atoms with van der Waals surface area (Å²) in [6.45, 7) is 4.01. The van der Waals surface area contributed by atoms with E-state index in [1.807, 2.05) is 30.0 Å². The molecule has 2 aromatic rings. The van der Waals surface area contributed by atoms with Crippen molar-refractivity contribution < 1.29 is 9.59 Å². The van der Waals surface area contributed by atoms with Crippen molar-refractivity contribution in [2.45, 2.75) is 43.5 Å². The zero-order valence-electron chi connectivity index (χ0n) is 14.2. The maximum atomic E-state index is 12.7. The average Bonchev–Trinajstić information content (AvgIpc) is 3.16. The van der Waals surface area contributed by atoms with Crippen molar-refractivity contribution in [3.05, 3.63) is 29.8 Å². The van der Waals surface area contributed by atoms with Crippen molar-refractivity contribution >= 4 is 45.7 Å². The fraction of sp³-hybridized carbons (Fsp3) is 0.412. The Kier molecular flexibility index (Phi) is 5.70. The predicted molar refractivity (Wildman–Crippen MR) is 101 cm³/mol. The van der Waals surface area contributed by atoms with Crippen LogP contribution in [-0.4, -0.2) is 33.8 Å². The molecule has 0 fully saturated rings. The van der Waals surface area contributed by atoms with Gasteiger partial charge in [-0.15, -0.1) is 10.2 Å². The van der Waals surface area contributed by atoms with Crippen LogP contribution in [0.25, 0.3) is 0 Å². The summed E-state index contributed by atoms with van der Waals surface area (Å²) in [7, 11) is 0. The Morgan fingerprint density at radius 3 is 2.96 bits per heavy atom. The van der Waals surface area contributed by atoms with Crippen LogP contribution in [0.5, 0.6) is 0 Å². The van der Waals surface area contributed by atoms with E-state index in [-0.39, 0.29) is 17.9 Å². The molecule has 1 aromatic heterocycles. The highest BCUT2D eigenvalue weighted by atomic mass is 32.2. The number of thioether (sulfide) groups is 1. The van der Waals surface area contributed by atoms with Crippen LogP contribution in [0.1, 0.15) is 32.3 Å². The van der Waals surface area contributed by atoms with Gasteiger partial charge in [0.05, 0.1) is 5.75 Å². The minimum Gasteiger partial charge on any atom is -0.308 e. The Morgan fingerprint density at radius 1 is 1.36 bits per heavy atom. The van der Waals surface area contributed by atoms with Crippen LogP contribution in [0.2, 0.25) is 0 Å². The number of carbonyl (C=O) groups excluding carboxylic acids is 2. The van der Waals surface area contributed by atoms with E-state index in [4.69, 9.17) is 0 Å². The van der Waals surface area contributed by atoms with Gasteiger partial charge in [-0.2, -0.15) is 0 Å². The van der Waals surface area contributed by atoms with Crippen LogP contribution in [-0.2, 0) is 16.0 Å². The third kappa shape index (κ3) is 4.19. The number of carbonyl (C=O) groups is 2. The van der Waals surface area contributed by atoms with Crippen LogP contribution >= 0.6 is 23.1 Å². The molecule has 0 saturated heterocycles. The Labute approximate surface area is 155 Å². The summed E-state index contributed by atoms with van der Waals surface area (Å²) < 4.78 is 0.681. The lowest BCUT2D eigenvalue weighted by Gasteiger charge is -2.22. The number of hydrogen-bond acceptors (Lipinski definition) is 6. The summed E-state index contributed by atoms with van der Waals surface area (Å²) >= 11 is 2.65. The van der Waals surface area contributed by atoms with Gasteiger partial charge >= 0.3 is 0 Å². The normalized spacial score (nSPS) is 15.9. The largest absolute Gasteiger partial charge is 0.308 e. The highest BCUT2D eigenvalue weighted by Crippen LogP contribution is 2.33. The summed E-state index contributed by atoms with van der Waals surface area (Å²) in [5, 5.41) is 11.2. The zero-order chi connectivity index (χ0) is 17.8. The van der Waals surface area contributed by atoms with E-state index in [1.165, 1.54) is 28.7 Å². The van der Waals surface area contributed by atoms with Crippen molar-refractivity contribution in [2.24, 2.45) is 0 Å². The molecule has 0 spiro atoms. The summed E-state index contributed by atoms with van der Waals surface area (Å²) in [5.74, 6) is 0.305. The molecule has 3 rings (SSSR count). The van der Waals surface area contributed by atoms with Gasteiger partial charge in [0.25, 0.3) is 0 Å². The average molecular weight is 377 g/mol. The highest BCUT2D eigenvalue weighted by Gasteiger charge is 2.30. The summed E-state index contributed by atoms with van der Waals surface area (Å²) in [4.78, 5) is 26.1. The molecule has 0 aliphatic carbocycles. The molecule has 1 atom stereocenters. The first-order valence-electron chi connectivity index (χ1n) is 8.24. The molecule has 2 amide bonds. The molecule has 0 unspecified atom stereocenters. The third-order valence-corrected chi connectivity index (χ3v) is 5.88. The fourth-order valence-corrected chi connectivity index (χ4v) is 4.49. The van der Waals surface area contributed by atoms with E-state index in [1.54, 1.807) is 0 Å². The van der Waals surface area contributed by atoms with E-state index in [0.29, 0.717) is 21.6 Å². The standard InChI is InChI=1S/C17H20N4O2S2/c1-3-6-14(22)18-16-19-20-17(25-16)24-10-15(23)21-11(2)9-12-7-4-5-8-13(12)21/h4-5,7-8,11H,3,6,9-10H2,1-2H3,(H,18,19,22)/t11-/m0/s1. The molecule has 8 heteroatoms. The number of aromatic nitrogens is 2. The number of nitrogens with zero attached hydrogens (tertiary/aromatic N) is 3. The number of fused-ring (bicyclic) bond motifs is 1. The monoisotopic (exact) mass is 376 g/mol. The molecule has 25 heavy (non-hydrogen) atoms. The van der Waals surface area contributed by atoms with Gasteiger partial charge < -0.3 is 10.2 Å². The topological polar surface area (TPSA) is 75.2 Å². The second-order valence-corrected chi connectivity index (χ2v) is 8.11. The van der Waals surface area contributed by atoms with Crippen LogP contribution in [0.3, 0.4) is 0 Å². The van der Waals surface area contributed by atoms with Crippen LogP contribution in [0.4, 0.5) is 10.8 Å². The minimum absolute atomic E-state index is 0.0613. The maximum Gasteiger partial charge on any atom is 0.237 e. The van der Waals surface area contributed by atoms with Gasteiger partial charge in [-0.05, 0) is 31.4 Å². The number of nitrogens with one attached hydrogen (secondary N) is 1. The second kappa shape index (κ2) is 7.97. The molecule has 0 radical (unpaired) electrons. The molecule has 6 nitrogen and oxygen atoms in total. The number of amides is 2. The lowest BCUT2D eigenvalue weighted by molar-refractivity contribution is -0.117. The Morgan fingerprint density at radius 2 is 2.16 bits per heavy atom. The molecule has 1 aliphatic heterocycles. The number of rotatable bonds is 6. The summed E-state index contributed by atoms with van der Waals surface area (Å²) in [6.07, 6.45) is 2.14. The number of anilines is 2. The SMILES string of the molecule is CCCC(=O)Nc1nnc(SCC(=O)N2c3ccccc3C[C@@H]2C)s1. The quantitative estimate of drug-likeness (QED) is 0.618. The molecular formula is C17H20N4O2S2. The molecule has 0 bridgehead atoms. The van der Waals surface area contributed by atoms with Gasteiger partial charge in [-0.1, -0.05) is 48.2 Å². The Bertz CT molecular complexity index is 778. The fourth-order valence-electron chi connectivity index (χ4n) is 2.87. The van der Waals surface area contributed by atoms with E-state index in [9.17, 15) is 9.59 Å². The number of para-hydroxylation sites is 1. The number of benzene rings is 1. The molecule has 0 saturated carbocycles. The van der Waals surface area contributed by atoms with E-state index >= 15 is 0 Å². The lowest BCUT2D eigenvalue weighted by atomic mass is 10.1. The first-order chi connectivity index (χ1) is 12.1. The van der Waals surface area contributed by atoms with Crippen molar-refractivity contribution in [3.63, 3.8) is 0 Å². The van der Waals surface area contributed by atoms with Crippen LogP contribution in [0.15, 0.2) is 28.6 Å². The molecule has 1 N–H and O–H groups in total. The van der Waals surface area contributed by atoms with Crippen LogP contribution < -0.4 is 10.2 Å². The highest BCUT2D eigenvalue weighted by molar-refractivity contribution is 8.01. The number of hydrogen-bond donors (Lipinski definition) is 1. The third-order valence-electron chi connectivity index (χ3n) is 3.92. The summed E-state index contributed by atoms with van der Waals surface area (Å²) in [6, 6.07) is 8.20. The van der Waals surface area contributed by atoms with Gasteiger partial charge in [-0.3, -0.25) is 9.59 Å². The van der Waals surface area contributed by atoms with E-state index < -0.39 is 0 Å². The first kappa shape index (κ1) is 17.9. The van der Waals surface area contributed by atoms with Gasteiger partial charge in [0.1, 0.15) is 0 Å². The van der Waals surface area contributed by atoms with Gasteiger partial charge in [0.2, 0.25) is 16.9 Å². The van der Waals surface area contributed by atoms with Gasteiger partial charge in [-0.25, -0.2) is 0 Å². The molecule has 132 valence electrons. The van der Waals surface area contributed by atoms with Gasteiger partial charge in [0, 0.05) is 18.2 Å².